The summed E-state index contributed by atoms with van der Waals surface area (Å²) in [6.07, 6.45) is 0. The van der Waals surface area contributed by atoms with Gasteiger partial charge in [0.05, 0.1) is 16.5 Å². The summed E-state index contributed by atoms with van der Waals surface area (Å²) >= 11 is 0. The summed E-state index contributed by atoms with van der Waals surface area (Å²) < 4.78 is 27.1. The largest absolute Gasteiger partial charge is 0.339 e. The predicted molar refractivity (Wildman–Crippen MR) is 98.5 cm³/mol. The zero-order valence-electron chi connectivity index (χ0n) is 13.8. The van der Waals surface area contributed by atoms with E-state index in [1.165, 1.54) is 18.2 Å². The lowest BCUT2D eigenvalue weighted by Crippen LogP contribution is -2.14. The summed E-state index contributed by atoms with van der Waals surface area (Å²) in [6.45, 7) is 1.88. The molecule has 26 heavy (non-hydrogen) atoms. The highest BCUT2D eigenvalue weighted by Gasteiger charge is 2.14. The summed E-state index contributed by atoms with van der Waals surface area (Å²) in [6, 6.07) is 18.6. The molecule has 2 aromatic carbocycles. The monoisotopic (exact) mass is 365 g/mol. The molecule has 1 aromatic heterocycles. The van der Waals surface area contributed by atoms with E-state index in [1.54, 1.807) is 42.5 Å². The minimum Gasteiger partial charge on any atom is -0.339 e. The first-order chi connectivity index (χ1) is 12.5. The Morgan fingerprint density at radius 1 is 0.962 bits per heavy atom. The number of aryl methyl sites for hydroxylation is 1. The highest BCUT2D eigenvalue weighted by Crippen LogP contribution is 2.18. The summed E-state index contributed by atoms with van der Waals surface area (Å²) in [4.78, 5) is 0.153. The maximum Gasteiger partial charge on any atom is 0.263 e. The van der Waals surface area contributed by atoms with Crippen LogP contribution in [0.4, 0.5) is 17.3 Å². The van der Waals surface area contributed by atoms with Crippen molar-refractivity contribution >= 4 is 27.3 Å². The Hall–Kier alpha value is -3.44. The number of rotatable bonds is 5. The van der Waals surface area contributed by atoms with Crippen LogP contribution in [-0.2, 0) is 10.0 Å². The molecule has 1 heterocycles. The smallest absolute Gasteiger partial charge is 0.263 e. The lowest BCUT2D eigenvalue weighted by Gasteiger charge is -2.08. The predicted octanol–water partition coefficient (Wildman–Crippen LogP) is 3.20. The van der Waals surface area contributed by atoms with Crippen molar-refractivity contribution in [2.24, 2.45) is 0 Å². The maximum atomic E-state index is 12.3. The number of aromatic nitrogens is 2. The van der Waals surface area contributed by atoms with Crippen molar-refractivity contribution < 1.29 is 8.42 Å². The number of nitriles is 1. The van der Waals surface area contributed by atoms with Gasteiger partial charge in [-0.2, -0.15) is 5.26 Å². The number of hydrogen-bond donors (Lipinski definition) is 2. The van der Waals surface area contributed by atoms with E-state index in [-0.39, 0.29) is 10.7 Å². The van der Waals surface area contributed by atoms with Gasteiger partial charge >= 0.3 is 0 Å². The molecule has 0 aliphatic rings. The van der Waals surface area contributed by atoms with Crippen molar-refractivity contribution in [1.29, 1.82) is 5.26 Å². The summed E-state index contributed by atoms with van der Waals surface area (Å²) in [7, 11) is -3.72. The van der Waals surface area contributed by atoms with Crippen molar-refractivity contribution in [3.8, 4) is 6.07 Å². The van der Waals surface area contributed by atoms with Crippen LogP contribution in [0.5, 0.6) is 0 Å². The first-order valence-electron chi connectivity index (χ1n) is 7.67. The van der Waals surface area contributed by atoms with Crippen LogP contribution in [-0.4, -0.2) is 18.6 Å². The molecule has 0 aliphatic carbocycles. The van der Waals surface area contributed by atoms with E-state index < -0.39 is 10.0 Å². The molecule has 0 spiro atoms. The van der Waals surface area contributed by atoms with Gasteiger partial charge in [-0.3, -0.25) is 4.72 Å². The highest BCUT2D eigenvalue weighted by molar-refractivity contribution is 7.92. The molecule has 130 valence electrons. The fraction of sp³-hybridized carbons (Fsp3) is 0.0556. The minimum atomic E-state index is -3.72. The van der Waals surface area contributed by atoms with E-state index in [0.717, 1.165) is 5.56 Å². The van der Waals surface area contributed by atoms with Gasteiger partial charge in [-0.1, -0.05) is 23.8 Å². The van der Waals surface area contributed by atoms with Crippen LogP contribution in [0.3, 0.4) is 0 Å². The van der Waals surface area contributed by atoms with Crippen molar-refractivity contribution in [2.45, 2.75) is 11.8 Å². The Morgan fingerprint density at radius 3 is 2.31 bits per heavy atom. The van der Waals surface area contributed by atoms with Crippen molar-refractivity contribution in [1.82, 2.24) is 10.2 Å². The van der Waals surface area contributed by atoms with Crippen LogP contribution in [0.2, 0.25) is 0 Å². The summed E-state index contributed by atoms with van der Waals surface area (Å²) in [5.41, 5.74) is 2.18. The number of nitrogens with one attached hydrogen (secondary N) is 2. The van der Waals surface area contributed by atoms with Crippen LogP contribution in [0.1, 0.15) is 11.1 Å². The molecular formula is C18H15N5O2S. The Balaban J connectivity index is 1.73. The van der Waals surface area contributed by atoms with E-state index in [1.807, 2.05) is 6.92 Å². The Morgan fingerprint density at radius 2 is 1.65 bits per heavy atom. The van der Waals surface area contributed by atoms with E-state index >= 15 is 0 Å². The zero-order valence-corrected chi connectivity index (χ0v) is 14.7. The van der Waals surface area contributed by atoms with Gasteiger partial charge in [0, 0.05) is 5.69 Å². The number of nitrogens with zero attached hydrogens (tertiary/aromatic N) is 3. The van der Waals surface area contributed by atoms with Gasteiger partial charge in [-0.15, -0.1) is 10.2 Å². The topological polar surface area (TPSA) is 108 Å². The molecular weight excluding hydrogens is 350 g/mol. The molecule has 8 heteroatoms. The van der Waals surface area contributed by atoms with E-state index in [9.17, 15) is 8.42 Å². The third kappa shape index (κ3) is 4.15. The summed E-state index contributed by atoms with van der Waals surface area (Å²) in [5, 5.41) is 19.7. The van der Waals surface area contributed by atoms with Gasteiger partial charge in [0.15, 0.2) is 11.6 Å². The van der Waals surface area contributed by atoms with Gasteiger partial charge in [-0.25, -0.2) is 8.42 Å². The second kappa shape index (κ2) is 7.21. The molecule has 3 rings (SSSR count). The Bertz CT molecular complexity index is 1060. The van der Waals surface area contributed by atoms with Crippen LogP contribution in [0, 0.1) is 18.3 Å². The SMILES string of the molecule is Cc1ccc(S(=O)(=O)Nc2ccc(Nc3cccc(C#N)c3)nn2)cc1. The van der Waals surface area contributed by atoms with Crippen LogP contribution in [0.15, 0.2) is 65.6 Å². The molecule has 0 saturated heterocycles. The second-order valence-corrected chi connectivity index (χ2v) is 7.22. The Kier molecular flexibility index (Phi) is 4.82. The number of benzene rings is 2. The molecule has 0 unspecified atom stereocenters. The van der Waals surface area contributed by atoms with Gasteiger partial charge in [0.2, 0.25) is 0 Å². The third-order valence-corrected chi connectivity index (χ3v) is 4.87. The second-order valence-electron chi connectivity index (χ2n) is 5.54. The van der Waals surface area contributed by atoms with Crippen molar-refractivity contribution in [3.63, 3.8) is 0 Å². The normalized spacial score (nSPS) is 10.8. The van der Waals surface area contributed by atoms with E-state index in [0.29, 0.717) is 17.1 Å². The summed E-state index contributed by atoms with van der Waals surface area (Å²) in [5.74, 6) is 0.542. The van der Waals surface area contributed by atoms with Gasteiger partial charge in [0.1, 0.15) is 0 Å². The first-order valence-corrected chi connectivity index (χ1v) is 9.15. The third-order valence-electron chi connectivity index (χ3n) is 3.50. The number of anilines is 3. The highest BCUT2D eigenvalue weighted by atomic mass is 32.2. The minimum absolute atomic E-state index is 0.113. The molecule has 0 radical (unpaired) electrons. The van der Waals surface area contributed by atoms with Crippen LogP contribution < -0.4 is 10.0 Å². The van der Waals surface area contributed by atoms with Crippen LogP contribution >= 0.6 is 0 Å². The quantitative estimate of drug-likeness (QED) is 0.719. The standard InChI is InChI=1S/C18H15N5O2S/c1-13-5-7-16(8-6-13)26(24,25)23-18-10-9-17(21-22-18)20-15-4-2-3-14(11-15)12-19/h2-11H,1H3,(H,20,21)(H,22,23). The molecule has 0 amide bonds. The fourth-order valence-corrected chi connectivity index (χ4v) is 3.18. The van der Waals surface area contributed by atoms with Gasteiger partial charge < -0.3 is 5.32 Å². The van der Waals surface area contributed by atoms with Gasteiger partial charge in [-0.05, 0) is 49.4 Å². The fourth-order valence-electron chi connectivity index (χ4n) is 2.18. The molecule has 0 bridgehead atoms. The molecule has 0 fully saturated rings. The average molecular weight is 365 g/mol. The molecule has 0 saturated carbocycles. The van der Waals surface area contributed by atoms with Crippen molar-refractivity contribution in [2.75, 3.05) is 10.0 Å². The van der Waals surface area contributed by atoms with Crippen molar-refractivity contribution in [3.05, 3.63) is 71.8 Å². The Labute approximate surface area is 151 Å². The average Bonchev–Trinajstić information content (AvgIpc) is 2.64. The van der Waals surface area contributed by atoms with E-state index in [2.05, 4.69) is 26.3 Å². The van der Waals surface area contributed by atoms with E-state index in [4.69, 9.17) is 5.26 Å². The van der Waals surface area contributed by atoms with Gasteiger partial charge in [0.25, 0.3) is 10.0 Å². The lowest BCUT2D eigenvalue weighted by atomic mass is 10.2. The molecule has 7 nitrogen and oxygen atoms in total. The molecule has 3 aromatic rings. The zero-order chi connectivity index (χ0) is 18.6. The first kappa shape index (κ1) is 17.4. The molecule has 2 N–H and O–H groups in total. The molecule has 0 atom stereocenters. The molecule has 0 aliphatic heterocycles. The number of sulfonamides is 1. The maximum absolute atomic E-state index is 12.3. The lowest BCUT2D eigenvalue weighted by molar-refractivity contribution is 0.601. The number of hydrogen-bond acceptors (Lipinski definition) is 6. The van der Waals surface area contributed by atoms with Crippen LogP contribution in [0.25, 0.3) is 0 Å².